The van der Waals surface area contributed by atoms with Gasteiger partial charge in [0.1, 0.15) is 23.9 Å². The van der Waals surface area contributed by atoms with Crippen LogP contribution in [0.2, 0.25) is 0 Å². The third-order valence-electron chi connectivity index (χ3n) is 3.50. The second-order valence-corrected chi connectivity index (χ2v) is 6.87. The van der Waals surface area contributed by atoms with Gasteiger partial charge in [-0.15, -0.1) is 0 Å². The molecule has 9 nitrogen and oxygen atoms in total. The third-order valence-corrected chi connectivity index (χ3v) is 3.50. The maximum Gasteiger partial charge on any atom is 0.408 e. The van der Waals surface area contributed by atoms with E-state index in [2.05, 4.69) is 5.32 Å². The molecule has 0 spiro atoms. The minimum atomic E-state index is -1.41. The molecule has 0 saturated carbocycles. The van der Waals surface area contributed by atoms with Gasteiger partial charge >= 0.3 is 12.1 Å². The molecule has 0 aromatic heterocycles. The number of nitrogens with one attached hydrogen (secondary N) is 1. The average molecular weight is 361 g/mol. The van der Waals surface area contributed by atoms with Crippen molar-refractivity contribution in [2.45, 2.75) is 63.9 Å². The van der Waals surface area contributed by atoms with Gasteiger partial charge in [-0.2, -0.15) is 0 Å². The molecular weight excluding hydrogens is 337 g/mol. The zero-order valence-electron chi connectivity index (χ0n) is 14.5. The fourth-order valence-electron chi connectivity index (χ4n) is 2.47. The summed E-state index contributed by atoms with van der Waals surface area (Å²) in [5, 5.41) is 11.1. The lowest BCUT2D eigenvalue weighted by atomic mass is 10.1. The Morgan fingerprint density at radius 1 is 1.36 bits per heavy atom. The summed E-state index contributed by atoms with van der Waals surface area (Å²) < 4.78 is 18.6. The van der Waals surface area contributed by atoms with Crippen molar-refractivity contribution in [2.75, 3.05) is 6.54 Å². The molecule has 1 rings (SSSR count). The zero-order valence-corrected chi connectivity index (χ0v) is 14.5. The van der Waals surface area contributed by atoms with Crippen molar-refractivity contribution in [1.82, 2.24) is 10.2 Å². The summed E-state index contributed by atoms with van der Waals surface area (Å²) in [4.78, 5) is 47.6. The Balaban J connectivity index is 2.90. The van der Waals surface area contributed by atoms with Gasteiger partial charge in [-0.25, -0.2) is 9.18 Å². The molecule has 3 amide bonds. The Bertz CT molecular complexity index is 548. The molecule has 0 bridgehead atoms. The lowest BCUT2D eigenvalue weighted by Gasteiger charge is -2.28. The van der Waals surface area contributed by atoms with Crippen molar-refractivity contribution >= 4 is 23.9 Å². The fourth-order valence-corrected chi connectivity index (χ4v) is 2.47. The maximum atomic E-state index is 13.6. The lowest BCUT2D eigenvalue weighted by molar-refractivity contribution is -0.140. The van der Waals surface area contributed by atoms with E-state index in [9.17, 15) is 23.6 Å². The minimum Gasteiger partial charge on any atom is -0.481 e. The smallest absolute Gasteiger partial charge is 0.408 e. The van der Waals surface area contributed by atoms with Gasteiger partial charge < -0.3 is 25.8 Å². The molecule has 1 aliphatic rings. The van der Waals surface area contributed by atoms with Crippen molar-refractivity contribution in [3.8, 4) is 0 Å². The number of hydrogen-bond donors (Lipinski definition) is 3. The largest absolute Gasteiger partial charge is 0.481 e. The summed E-state index contributed by atoms with van der Waals surface area (Å²) in [5.41, 5.74) is 4.37. The summed E-state index contributed by atoms with van der Waals surface area (Å²) in [6.45, 7) is 4.53. The zero-order chi connectivity index (χ0) is 19.4. The normalized spacial score (nSPS) is 21.5. The molecule has 0 aliphatic carbocycles. The molecule has 1 heterocycles. The van der Waals surface area contributed by atoms with Crippen molar-refractivity contribution < 1.29 is 33.4 Å². The molecular formula is C15H24FN3O6. The van der Waals surface area contributed by atoms with Crippen molar-refractivity contribution in [3.63, 3.8) is 0 Å². The third kappa shape index (κ3) is 6.55. The van der Waals surface area contributed by atoms with E-state index in [1.165, 1.54) is 0 Å². The molecule has 0 aromatic carbocycles. The number of nitrogens with two attached hydrogens (primary N) is 1. The van der Waals surface area contributed by atoms with Gasteiger partial charge in [-0.05, 0) is 27.2 Å². The Morgan fingerprint density at radius 3 is 2.44 bits per heavy atom. The van der Waals surface area contributed by atoms with Crippen LogP contribution in [-0.2, 0) is 19.1 Å². The molecule has 0 aromatic rings. The second kappa shape index (κ2) is 8.13. The number of carboxylic acid groups (broad SMARTS) is 1. The Kier molecular flexibility index (Phi) is 6.71. The number of carboxylic acids is 1. The van der Waals surface area contributed by atoms with Crippen LogP contribution in [-0.4, -0.2) is 64.3 Å². The standard InChI is InChI=1S/C15H24FN3O6/c1-15(2,3)25-14(24)18-9(4-5-11(20)21)13(23)19-7-8(16)6-10(19)12(17)22/h8-10H,4-7H2,1-3H3,(H2,17,22)(H,18,24)(H,20,21). The number of nitrogens with zero attached hydrogens (tertiary/aromatic N) is 1. The van der Waals surface area contributed by atoms with Gasteiger partial charge in [0, 0.05) is 12.8 Å². The monoisotopic (exact) mass is 361 g/mol. The number of amides is 3. The predicted octanol–water partition coefficient (Wildman–Crippen LogP) is 0.169. The molecule has 10 heteroatoms. The number of aliphatic carboxylic acids is 1. The summed E-state index contributed by atoms with van der Waals surface area (Å²) >= 11 is 0. The van der Waals surface area contributed by atoms with Gasteiger partial charge in [0.2, 0.25) is 11.8 Å². The number of likely N-dealkylation sites (tertiary alicyclic amines) is 1. The number of halogens is 1. The van der Waals surface area contributed by atoms with Crippen LogP contribution in [0.4, 0.5) is 9.18 Å². The highest BCUT2D eigenvalue weighted by Gasteiger charge is 2.41. The highest BCUT2D eigenvalue weighted by Crippen LogP contribution is 2.22. The van der Waals surface area contributed by atoms with Gasteiger partial charge in [0.05, 0.1) is 6.54 Å². The molecule has 3 unspecified atom stereocenters. The van der Waals surface area contributed by atoms with Crippen LogP contribution in [0.5, 0.6) is 0 Å². The Hall–Kier alpha value is -2.39. The molecule has 1 saturated heterocycles. The number of primary amides is 1. The van der Waals surface area contributed by atoms with E-state index < -0.39 is 54.2 Å². The molecule has 0 radical (unpaired) electrons. The van der Waals surface area contributed by atoms with Gasteiger partial charge in [0.25, 0.3) is 0 Å². The lowest BCUT2D eigenvalue weighted by Crippen LogP contribution is -2.53. The molecule has 25 heavy (non-hydrogen) atoms. The predicted molar refractivity (Wildman–Crippen MR) is 84.2 cm³/mol. The van der Waals surface area contributed by atoms with E-state index in [4.69, 9.17) is 15.6 Å². The highest BCUT2D eigenvalue weighted by molar-refractivity contribution is 5.91. The number of alkyl halides is 1. The van der Waals surface area contributed by atoms with Crippen molar-refractivity contribution in [1.29, 1.82) is 0 Å². The van der Waals surface area contributed by atoms with E-state index in [0.717, 1.165) is 4.90 Å². The molecule has 4 N–H and O–H groups in total. The second-order valence-electron chi connectivity index (χ2n) is 6.87. The van der Waals surface area contributed by atoms with E-state index in [1.54, 1.807) is 20.8 Å². The first-order valence-electron chi connectivity index (χ1n) is 7.86. The first-order chi connectivity index (χ1) is 11.4. The summed E-state index contributed by atoms with van der Waals surface area (Å²) in [7, 11) is 0. The Morgan fingerprint density at radius 2 is 1.96 bits per heavy atom. The van der Waals surface area contributed by atoms with Crippen LogP contribution in [0.25, 0.3) is 0 Å². The number of alkyl carbamates (subject to hydrolysis) is 1. The first kappa shape index (κ1) is 20.7. The van der Waals surface area contributed by atoms with Crippen molar-refractivity contribution in [2.24, 2.45) is 5.73 Å². The minimum absolute atomic E-state index is 0.223. The van der Waals surface area contributed by atoms with E-state index in [1.807, 2.05) is 0 Å². The van der Waals surface area contributed by atoms with E-state index in [0.29, 0.717) is 0 Å². The van der Waals surface area contributed by atoms with Crippen LogP contribution < -0.4 is 11.1 Å². The first-order valence-corrected chi connectivity index (χ1v) is 7.86. The fraction of sp³-hybridized carbons (Fsp3) is 0.733. The maximum absolute atomic E-state index is 13.6. The number of carbonyl (C=O) groups excluding carboxylic acids is 3. The summed E-state index contributed by atoms with van der Waals surface area (Å²) in [6.07, 6.45) is -3.18. The van der Waals surface area contributed by atoms with Gasteiger partial charge in [0.15, 0.2) is 0 Å². The van der Waals surface area contributed by atoms with Gasteiger partial charge in [-0.1, -0.05) is 0 Å². The van der Waals surface area contributed by atoms with E-state index in [-0.39, 0.29) is 19.4 Å². The number of ether oxygens (including phenoxy) is 1. The van der Waals surface area contributed by atoms with Crippen LogP contribution in [0.1, 0.15) is 40.0 Å². The van der Waals surface area contributed by atoms with Crippen molar-refractivity contribution in [3.05, 3.63) is 0 Å². The highest BCUT2D eigenvalue weighted by atomic mass is 19.1. The van der Waals surface area contributed by atoms with Crippen LogP contribution in [0.15, 0.2) is 0 Å². The SMILES string of the molecule is CC(C)(C)OC(=O)NC(CCC(=O)O)C(=O)N1CC(F)CC1C(N)=O. The Labute approximate surface area is 144 Å². The molecule has 1 fully saturated rings. The average Bonchev–Trinajstić information content (AvgIpc) is 2.82. The number of hydrogen-bond acceptors (Lipinski definition) is 5. The topological polar surface area (TPSA) is 139 Å². The molecule has 3 atom stereocenters. The van der Waals surface area contributed by atoms with Gasteiger partial charge in [-0.3, -0.25) is 14.4 Å². The number of carbonyl (C=O) groups is 4. The van der Waals surface area contributed by atoms with E-state index >= 15 is 0 Å². The number of rotatable bonds is 6. The quantitative estimate of drug-likeness (QED) is 0.616. The summed E-state index contributed by atoms with van der Waals surface area (Å²) in [5.74, 6) is -2.79. The van der Waals surface area contributed by atoms with Crippen LogP contribution in [0.3, 0.4) is 0 Å². The summed E-state index contributed by atoms with van der Waals surface area (Å²) in [6, 6.07) is -2.40. The molecule has 1 aliphatic heterocycles. The molecule has 142 valence electrons. The van der Waals surface area contributed by atoms with Crippen LogP contribution in [0, 0.1) is 0 Å². The van der Waals surface area contributed by atoms with Crippen LogP contribution >= 0.6 is 0 Å².